The summed E-state index contributed by atoms with van der Waals surface area (Å²) in [6.07, 6.45) is -5.96. The van der Waals surface area contributed by atoms with E-state index in [1.165, 1.54) is 6.92 Å². The highest BCUT2D eigenvalue weighted by Crippen LogP contribution is 2.19. The van der Waals surface area contributed by atoms with Crippen LogP contribution in [0.1, 0.15) is 6.92 Å². The van der Waals surface area contributed by atoms with Gasteiger partial charge < -0.3 is 14.6 Å². The number of amides is 1. The normalized spacial score (nSPS) is 12.7. The Balaban J connectivity index is 1.86. The number of halogens is 3. The van der Waals surface area contributed by atoms with E-state index in [4.69, 9.17) is 4.74 Å². The minimum Gasteiger partial charge on any atom is -0.451 e. The molecular formula is C20H17F3N2O4. The lowest BCUT2D eigenvalue weighted by atomic mass is 10.1. The van der Waals surface area contributed by atoms with E-state index in [0.717, 1.165) is 0 Å². The van der Waals surface area contributed by atoms with Crippen LogP contribution in [0.15, 0.2) is 53.3 Å². The maximum absolute atomic E-state index is 12.7. The first-order valence-corrected chi connectivity index (χ1v) is 8.71. The zero-order valence-corrected chi connectivity index (χ0v) is 15.3. The molecule has 0 bridgehead atoms. The molecule has 0 spiro atoms. The van der Waals surface area contributed by atoms with Crippen LogP contribution in [0.4, 0.5) is 13.2 Å². The molecule has 1 atom stereocenters. The molecule has 29 heavy (non-hydrogen) atoms. The number of carbonyl (C=O) groups is 2. The first kappa shape index (κ1) is 20.4. The van der Waals surface area contributed by atoms with Crippen LogP contribution in [0, 0.1) is 0 Å². The summed E-state index contributed by atoms with van der Waals surface area (Å²) in [5.74, 6) is -1.87. The second-order valence-electron chi connectivity index (χ2n) is 6.41. The fourth-order valence-corrected chi connectivity index (χ4v) is 3.00. The standard InChI is InChI=1S/C20H17F3N2O4/c1-12(19(28)24-11-20(21,22)23)29-17(26)10-25-15-8-4-2-6-13(15)18(27)14-7-3-5-9-16(14)25/h2-9,12H,10-11H2,1H3,(H,24,28). The molecule has 1 amide bonds. The summed E-state index contributed by atoms with van der Waals surface area (Å²) in [5, 5.41) is 2.49. The summed E-state index contributed by atoms with van der Waals surface area (Å²) in [6.45, 7) is -0.647. The zero-order valence-electron chi connectivity index (χ0n) is 15.3. The van der Waals surface area contributed by atoms with Gasteiger partial charge in [-0.1, -0.05) is 24.3 Å². The number of esters is 1. The number of carbonyl (C=O) groups excluding carboxylic acids is 2. The third kappa shape index (κ3) is 4.56. The number of nitrogens with zero attached hydrogens (tertiary/aromatic N) is 1. The van der Waals surface area contributed by atoms with Crippen LogP contribution in [-0.2, 0) is 20.9 Å². The molecule has 0 fully saturated rings. The summed E-state index contributed by atoms with van der Waals surface area (Å²) in [6, 6.07) is 13.5. The van der Waals surface area contributed by atoms with E-state index in [0.29, 0.717) is 21.8 Å². The summed E-state index contributed by atoms with van der Waals surface area (Å²) >= 11 is 0. The van der Waals surface area contributed by atoms with Crippen LogP contribution in [0.25, 0.3) is 21.8 Å². The molecule has 1 heterocycles. The molecule has 0 aliphatic carbocycles. The molecule has 3 aromatic rings. The number of fused-ring (bicyclic) bond motifs is 2. The molecule has 152 valence electrons. The van der Waals surface area contributed by atoms with Gasteiger partial charge in [0.2, 0.25) is 0 Å². The minimum atomic E-state index is -4.56. The Morgan fingerprint density at radius 1 is 1.03 bits per heavy atom. The number of aromatic nitrogens is 1. The molecule has 2 aromatic carbocycles. The van der Waals surface area contributed by atoms with E-state index in [9.17, 15) is 27.6 Å². The number of alkyl halides is 3. The van der Waals surface area contributed by atoms with Crippen molar-refractivity contribution in [3.63, 3.8) is 0 Å². The van der Waals surface area contributed by atoms with E-state index < -0.39 is 30.7 Å². The minimum absolute atomic E-state index is 0.180. The molecule has 1 N–H and O–H groups in total. The molecule has 0 saturated carbocycles. The molecule has 9 heteroatoms. The number of hydrogen-bond acceptors (Lipinski definition) is 4. The lowest BCUT2D eigenvalue weighted by Gasteiger charge is -2.17. The maximum atomic E-state index is 12.7. The Hall–Kier alpha value is -3.36. The molecular weight excluding hydrogens is 389 g/mol. The molecule has 0 radical (unpaired) electrons. The van der Waals surface area contributed by atoms with Gasteiger partial charge in [0, 0.05) is 10.8 Å². The largest absolute Gasteiger partial charge is 0.451 e. The number of rotatable bonds is 5. The van der Waals surface area contributed by atoms with Gasteiger partial charge in [-0.2, -0.15) is 13.2 Å². The number of nitrogens with one attached hydrogen (secondary N) is 1. The van der Waals surface area contributed by atoms with Crippen LogP contribution < -0.4 is 10.7 Å². The van der Waals surface area contributed by atoms with E-state index in [1.807, 2.05) is 0 Å². The highest BCUT2D eigenvalue weighted by Gasteiger charge is 2.29. The predicted molar refractivity (Wildman–Crippen MR) is 100 cm³/mol. The van der Waals surface area contributed by atoms with Gasteiger partial charge in [-0.15, -0.1) is 0 Å². The average Bonchev–Trinajstić information content (AvgIpc) is 2.68. The van der Waals surface area contributed by atoms with Crippen molar-refractivity contribution in [3.05, 3.63) is 58.8 Å². The monoisotopic (exact) mass is 406 g/mol. The van der Waals surface area contributed by atoms with Crippen molar-refractivity contribution in [2.24, 2.45) is 0 Å². The van der Waals surface area contributed by atoms with Crippen LogP contribution in [0.3, 0.4) is 0 Å². The van der Waals surface area contributed by atoms with Crippen LogP contribution in [0.2, 0.25) is 0 Å². The number of benzene rings is 2. The maximum Gasteiger partial charge on any atom is 0.405 e. The molecule has 1 unspecified atom stereocenters. The van der Waals surface area contributed by atoms with Gasteiger partial charge in [-0.3, -0.25) is 14.4 Å². The van der Waals surface area contributed by atoms with E-state index in [2.05, 4.69) is 0 Å². The number of pyridine rings is 1. The van der Waals surface area contributed by atoms with Crippen molar-refractivity contribution in [2.45, 2.75) is 25.7 Å². The molecule has 0 saturated heterocycles. The van der Waals surface area contributed by atoms with Crippen LogP contribution >= 0.6 is 0 Å². The Bertz CT molecular complexity index is 1080. The summed E-state index contributed by atoms with van der Waals surface area (Å²) in [4.78, 5) is 36.8. The van der Waals surface area contributed by atoms with Gasteiger partial charge in [0.25, 0.3) is 5.91 Å². The van der Waals surface area contributed by atoms with Crippen LogP contribution in [0.5, 0.6) is 0 Å². The van der Waals surface area contributed by atoms with Gasteiger partial charge >= 0.3 is 12.1 Å². The van der Waals surface area contributed by atoms with E-state index in [-0.39, 0.29) is 12.0 Å². The topological polar surface area (TPSA) is 77.4 Å². The van der Waals surface area contributed by atoms with Crippen molar-refractivity contribution in [3.8, 4) is 0 Å². The molecule has 1 aromatic heterocycles. The third-order valence-corrected chi connectivity index (χ3v) is 4.31. The third-order valence-electron chi connectivity index (χ3n) is 4.31. The van der Waals surface area contributed by atoms with Crippen molar-refractivity contribution >= 4 is 33.7 Å². The fourth-order valence-electron chi connectivity index (χ4n) is 3.00. The Labute approximate surface area is 162 Å². The van der Waals surface area contributed by atoms with Crippen molar-refractivity contribution < 1.29 is 27.5 Å². The highest BCUT2D eigenvalue weighted by molar-refractivity contribution is 5.94. The smallest absolute Gasteiger partial charge is 0.405 e. The number of hydrogen-bond donors (Lipinski definition) is 1. The van der Waals surface area contributed by atoms with Gasteiger partial charge in [0.1, 0.15) is 13.1 Å². The van der Waals surface area contributed by atoms with Gasteiger partial charge in [-0.25, -0.2) is 0 Å². The summed E-state index contributed by atoms with van der Waals surface area (Å²) < 4.78 is 43.2. The van der Waals surface area contributed by atoms with Gasteiger partial charge in [-0.05, 0) is 31.2 Å². The highest BCUT2D eigenvalue weighted by atomic mass is 19.4. The second kappa shape index (κ2) is 7.94. The average molecular weight is 406 g/mol. The van der Waals surface area contributed by atoms with Crippen molar-refractivity contribution in [1.82, 2.24) is 9.88 Å². The zero-order chi connectivity index (χ0) is 21.2. The lowest BCUT2D eigenvalue weighted by molar-refractivity contribution is -0.158. The van der Waals surface area contributed by atoms with Crippen LogP contribution in [-0.4, -0.2) is 35.3 Å². The van der Waals surface area contributed by atoms with E-state index in [1.54, 1.807) is 58.4 Å². The van der Waals surface area contributed by atoms with Gasteiger partial charge in [0.15, 0.2) is 11.5 Å². The van der Waals surface area contributed by atoms with Gasteiger partial charge in [0.05, 0.1) is 11.0 Å². The summed E-state index contributed by atoms with van der Waals surface area (Å²) in [5.41, 5.74) is 0.824. The summed E-state index contributed by atoms with van der Waals surface area (Å²) in [7, 11) is 0. The lowest BCUT2D eigenvalue weighted by Crippen LogP contribution is -2.41. The first-order chi connectivity index (χ1) is 13.7. The Kier molecular flexibility index (Phi) is 5.58. The number of para-hydroxylation sites is 2. The molecule has 0 aliphatic heterocycles. The number of ether oxygens (including phenoxy) is 1. The molecule has 0 aliphatic rings. The predicted octanol–water partition coefficient (Wildman–Crippen LogP) is 2.76. The van der Waals surface area contributed by atoms with Crippen molar-refractivity contribution in [1.29, 1.82) is 0 Å². The Morgan fingerprint density at radius 3 is 2.07 bits per heavy atom. The molecule has 6 nitrogen and oxygen atoms in total. The van der Waals surface area contributed by atoms with Crippen molar-refractivity contribution in [2.75, 3.05) is 6.54 Å². The first-order valence-electron chi connectivity index (χ1n) is 8.71. The fraction of sp³-hybridized carbons (Fsp3) is 0.250. The SMILES string of the molecule is CC(OC(=O)Cn1c2ccccc2c(=O)c2ccccc21)C(=O)NCC(F)(F)F. The second-order valence-corrected chi connectivity index (χ2v) is 6.41. The Morgan fingerprint density at radius 2 is 1.55 bits per heavy atom. The molecule has 3 rings (SSSR count). The van der Waals surface area contributed by atoms with E-state index >= 15 is 0 Å². The quantitative estimate of drug-likeness (QED) is 0.522.